The zero-order valence-electron chi connectivity index (χ0n) is 12.1. The Bertz CT molecular complexity index is 883. The van der Waals surface area contributed by atoms with Crippen molar-refractivity contribution in [2.24, 2.45) is 0 Å². The van der Waals surface area contributed by atoms with Gasteiger partial charge in [-0.3, -0.25) is 0 Å². The van der Waals surface area contributed by atoms with Crippen molar-refractivity contribution in [2.75, 3.05) is 0 Å². The van der Waals surface area contributed by atoms with Crippen LogP contribution in [0.4, 0.5) is 4.39 Å². The van der Waals surface area contributed by atoms with Gasteiger partial charge in [-0.1, -0.05) is 24.3 Å². The van der Waals surface area contributed by atoms with E-state index < -0.39 is 0 Å². The number of rotatable bonds is 3. The van der Waals surface area contributed by atoms with E-state index in [2.05, 4.69) is 11.1 Å². The molecule has 0 fully saturated rings. The average molecular weight is 291 g/mol. The molecule has 0 saturated heterocycles. The van der Waals surface area contributed by atoms with Crippen LogP contribution in [0.5, 0.6) is 0 Å². The van der Waals surface area contributed by atoms with Gasteiger partial charge in [-0.2, -0.15) is 5.26 Å². The van der Waals surface area contributed by atoms with Gasteiger partial charge in [0, 0.05) is 6.54 Å². The molecular weight excluding hydrogens is 277 g/mol. The zero-order valence-corrected chi connectivity index (χ0v) is 12.1. The molecule has 1 heterocycles. The number of imidazole rings is 1. The van der Waals surface area contributed by atoms with Crippen LogP contribution in [0.2, 0.25) is 0 Å². The maximum absolute atomic E-state index is 13.0. The van der Waals surface area contributed by atoms with Crippen molar-refractivity contribution in [3.05, 3.63) is 65.7 Å². The molecule has 0 unspecified atom stereocenters. The number of hydrogen-bond acceptors (Lipinski definition) is 2. The van der Waals surface area contributed by atoms with E-state index >= 15 is 0 Å². The Labute approximate surface area is 128 Å². The number of hydrogen-bond donors (Lipinski definition) is 0. The molecule has 0 bridgehead atoms. The Morgan fingerprint density at radius 2 is 1.95 bits per heavy atom. The fraction of sp³-hybridized carbons (Fsp3) is 0.111. The second-order valence-corrected chi connectivity index (χ2v) is 4.89. The summed E-state index contributed by atoms with van der Waals surface area (Å²) in [7, 11) is 0. The van der Waals surface area contributed by atoms with E-state index in [1.54, 1.807) is 18.2 Å². The Hall–Kier alpha value is -2.93. The minimum Gasteiger partial charge on any atom is -0.324 e. The molecule has 0 aliphatic carbocycles. The van der Waals surface area contributed by atoms with Gasteiger partial charge in [0.25, 0.3) is 0 Å². The van der Waals surface area contributed by atoms with Gasteiger partial charge in [0.1, 0.15) is 11.9 Å². The third-order valence-electron chi connectivity index (χ3n) is 3.51. The molecule has 3 aromatic rings. The molecule has 0 amide bonds. The highest BCUT2D eigenvalue weighted by Gasteiger charge is 2.13. The number of benzene rings is 2. The lowest BCUT2D eigenvalue weighted by molar-refractivity contribution is 0.628. The molecule has 1 aromatic heterocycles. The lowest BCUT2D eigenvalue weighted by atomic mass is 10.1. The van der Waals surface area contributed by atoms with E-state index in [1.165, 1.54) is 12.1 Å². The quantitative estimate of drug-likeness (QED) is 0.677. The van der Waals surface area contributed by atoms with E-state index in [0.29, 0.717) is 11.4 Å². The molecule has 0 spiro atoms. The van der Waals surface area contributed by atoms with Crippen LogP contribution in [0.1, 0.15) is 18.3 Å². The highest BCUT2D eigenvalue weighted by Crippen LogP contribution is 2.23. The molecule has 0 atom stereocenters. The summed E-state index contributed by atoms with van der Waals surface area (Å²) in [6, 6.07) is 16.0. The Morgan fingerprint density at radius 3 is 2.64 bits per heavy atom. The summed E-state index contributed by atoms with van der Waals surface area (Å²) >= 11 is 0. The van der Waals surface area contributed by atoms with Gasteiger partial charge in [0.15, 0.2) is 5.82 Å². The molecule has 2 aromatic carbocycles. The number of aryl methyl sites for hydroxylation is 1. The van der Waals surface area contributed by atoms with Crippen LogP contribution in [-0.2, 0) is 6.54 Å². The molecule has 0 aliphatic rings. The van der Waals surface area contributed by atoms with Crippen molar-refractivity contribution in [3.8, 4) is 6.07 Å². The molecule has 108 valence electrons. The van der Waals surface area contributed by atoms with Crippen LogP contribution in [0.3, 0.4) is 0 Å². The minimum absolute atomic E-state index is 0.295. The molecule has 0 saturated carbocycles. The maximum Gasteiger partial charge on any atom is 0.151 e. The van der Waals surface area contributed by atoms with Crippen LogP contribution in [0, 0.1) is 17.1 Å². The lowest BCUT2D eigenvalue weighted by Gasteiger charge is -2.05. The van der Waals surface area contributed by atoms with Crippen molar-refractivity contribution in [3.63, 3.8) is 0 Å². The van der Waals surface area contributed by atoms with Gasteiger partial charge in [-0.05, 0) is 42.8 Å². The average Bonchev–Trinajstić information content (AvgIpc) is 2.92. The Kier molecular flexibility index (Phi) is 3.71. The predicted octanol–water partition coefficient (Wildman–Crippen LogP) is 4.26. The first kappa shape index (κ1) is 14.0. The van der Waals surface area contributed by atoms with Crippen LogP contribution >= 0.6 is 0 Å². The molecule has 3 nitrogen and oxygen atoms in total. The number of halogens is 1. The molecular formula is C18H14FN3. The zero-order chi connectivity index (χ0) is 15.5. The van der Waals surface area contributed by atoms with E-state index in [4.69, 9.17) is 0 Å². The second kappa shape index (κ2) is 5.82. The first-order valence-electron chi connectivity index (χ1n) is 7.06. The van der Waals surface area contributed by atoms with Crippen LogP contribution in [-0.4, -0.2) is 9.55 Å². The van der Waals surface area contributed by atoms with Gasteiger partial charge in [0.05, 0.1) is 16.6 Å². The fourth-order valence-corrected chi connectivity index (χ4v) is 2.47. The van der Waals surface area contributed by atoms with Gasteiger partial charge in [0.2, 0.25) is 0 Å². The standard InChI is InChI=1S/C18H14FN3/c1-2-22-17-6-4-3-5-16(17)21-18(22)14(12-20)11-13-7-9-15(19)10-8-13/h3-11H,2H2,1H3/b14-11-. The largest absolute Gasteiger partial charge is 0.324 e. The van der Waals surface area contributed by atoms with Gasteiger partial charge < -0.3 is 4.57 Å². The van der Waals surface area contributed by atoms with Crippen molar-refractivity contribution in [1.29, 1.82) is 5.26 Å². The molecule has 0 radical (unpaired) electrons. The molecule has 0 N–H and O–H groups in total. The number of nitriles is 1. The van der Waals surface area contributed by atoms with E-state index in [-0.39, 0.29) is 5.82 Å². The number of allylic oxidation sites excluding steroid dienone is 1. The van der Waals surface area contributed by atoms with Gasteiger partial charge in [-0.25, -0.2) is 9.37 Å². The summed E-state index contributed by atoms with van der Waals surface area (Å²) in [5.74, 6) is 0.340. The lowest BCUT2D eigenvalue weighted by Crippen LogP contribution is -2.00. The van der Waals surface area contributed by atoms with Gasteiger partial charge in [-0.15, -0.1) is 0 Å². The normalized spacial score (nSPS) is 11.6. The van der Waals surface area contributed by atoms with Crippen molar-refractivity contribution in [1.82, 2.24) is 9.55 Å². The van der Waals surface area contributed by atoms with Crippen molar-refractivity contribution >= 4 is 22.7 Å². The summed E-state index contributed by atoms with van der Waals surface area (Å²) < 4.78 is 15.0. The monoisotopic (exact) mass is 291 g/mol. The van der Waals surface area contributed by atoms with Crippen LogP contribution < -0.4 is 0 Å². The third-order valence-corrected chi connectivity index (χ3v) is 3.51. The highest BCUT2D eigenvalue weighted by atomic mass is 19.1. The number of fused-ring (bicyclic) bond motifs is 1. The highest BCUT2D eigenvalue weighted by molar-refractivity contribution is 5.90. The second-order valence-electron chi connectivity index (χ2n) is 4.89. The Balaban J connectivity index is 2.15. The SMILES string of the molecule is CCn1c(/C(C#N)=C\c2ccc(F)cc2)nc2ccccc21. The van der Waals surface area contributed by atoms with Crippen molar-refractivity contribution < 1.29 is 4.39 Å². The van der Waals surface area contributed by atoms with Crippen molar-refractivity contribution in [2.45, 2.75) is 13.5 Å². The maximum atomic E-state index is 13.0. The summed E-state index contributed by atoms with van der Waals surface area (Å²) in [5, 5.41) is 9.49. The molecule has 0 aliphatic heterocycles. The Morgan fingerprint density at radius 1 is 1.23 bits per heavy atom. The van der Waals surface area contributed by atoms with Gasteiger partial charge >= 0.3 is 0 Å². The predicted molar refractivity (Wildman–Crippen MR) is 85.3 cm³/mol. The first-order chi connectivity index (χ1) is 10.7. The van der Waals surface area contributed by atoms with E-state index in [9.17, 15) is 9.65 Å². The number of aromatic nitrogens is 2. The summed E-state index contributed by atoms with van der Waals surface area (Å²) in [4.78, 5) is 4.57. The fourth-order valence-electron chi connectivity index (χ4n) is 2.47. The first-order valence-corrected chi connectivity index (χ1v) is 7.06. The number of para-hydroxylation sites is 2. The molecule has 3 rings (SSSR count). The minimum atomic E-state index is -0.295. The topological polar surface area (TPSA) is 41.6 Å². The summed E-state index contributed by atoms with van der Waals surface area (Å²) in [5.41, 5.74) is 3.09. The third kappa shape index (κ3) is 2.49. The molecule has 4 heteroatoms. The smallest absolute Gasteiger partial charge is 0.151 e. The van der Waals surface area contributed by atoms with E-state index in [1.807, 2.05) is 35.8 Å². The van der Waals surface area contributed by atoms with E-state index in [0.717, 1.165) is 23.1 Å². The molecule has 22 heavy (non-hydrogen) atoms. The van der Waals surface area contributed by atoms with Crippen LogP contribution in [0.25, 0.3) is 22.7 Å². The number of nitrogens with zero attached hydrogens (tertiary/aromatic N) is 3. The summed E-state index contributed by atoms with van der Waals surface area (Å²) in [6.07, 6.45) is 1.73. The summed E-state index contributed by atoms with van der Waals surface area (Å²) in [6.45, 7) is 2.74. The van der Waals surface area contributed by atoms with Crippen LogP contribution in [0.15, 0.2) is 48.5 Å².